The molecule has 1 aromatic carbocycles. The fourth-order valence-corrected chi connectivity index (χ4v) is 7.40. The van der Waals surface area contributed by atoms with Gasteiger partial charge in [0, 0.05) is 18.7 Å². The first-order valence-corrected chi connectivity index (χ1v) is 15.0. The number of nitrogens with zero attached hydrogens (tertiary/aromatic N) is 3. The molecule has 0 N–H and O–H groups in total. The van der Waals surface area contributed by atoms with Crippen LogP contribution in [0, 0.1) is 5.92 Å². The second kappa shape index (κ2) is 12.3. The lowest BCUT2D eigenvalue weighted by Crippen LogP contribution is -2.48. The molecule has 1 aromatic rings. The highest BCUT2D eigenvalue weighted by Gasteiger charge is 2.32. The Labute approximate surface area is 211 Å². The van der Waals surface area contributed by atoms with Crippen molar-refractivity contribution < 1.29 is 17.9 Å². The van der Waals surface area contributed by atoms with E-state index < -0.39 is 10.0 Å². The standard InChI is InChI=1S/C27H43N3O4S/c1-22-19-30(20-23(2)34-22)35(32,33)26-9-7-8-25(18-26)27(31)21-29-16-11-24(12-17-29)10-15-28-13-5-3-4-6-14-28/h7-9,18,22-24H,3-6,10-17,19-21H2,1-2H3. The minimum atomic E-state index is -3.66. The highest BCUT2D eigenvalue weighted by molar-refractivity contribution is 7.89. The van der Waals surface area contributed by atoms with Crippen LogP contribution < -0.4 is 0 Å². The van der Waals surface area contributed by atoms with Gasteiger partial charge in [-0.15, -0.1) is 0 Å². The Morgan fingerprint density at radius 1 is 0.943 bits per heavy atom. The molecule has 0 saturated carbocycles. The van der Waals surface area contributed by atoms with E-state index in [2.05, 4.69) is 9.80 Å². The van der Waals surface area contributed by atoms with Crippen LogP contribution in [-0.4, -0.2) is 92.9 Å². The van der Waals surface area contributed by atoms with Gasteiger partial charge < -0.3 is 9.64 Å². The van der Waals surface area contributed by atoms with E-state index in [1.807, 2.05) is 13.8 Å². The highest BCUT2D eigenvalue weighted by Crippen LogP contribution is 2.24. The van der Waals surface area contributed by atoms with Gasteiger partial charge in [-0.1, -0.05) is 25.0 Å². The predicted molar refractivity (Wildman–Crippen MR) is 138 cm³/mol. The van der Waals surface area contributed by atoms with Crippen molar-refractivity contribution in [3.63, 3.8) is 0 Å². The first kappa shape index (κ1) is 26.7. The third-order valence-corrected chi connectivity index (χ3v) is 9.63. The van der Waals surface area contributed by atoms with Gasteiger partial charge in [-0.3, -0.25) is 9.69 Å². The van der Waals surface area contributed by atoms with Crippen LogP contribution in [0.1, 0.15) is 69.2 Å². The summed E-state index contributed by atoms with van der Waals surface area (Å²) in [6, 6.07) is 6.56. The summed E-state index contributed by atoms with van der Waals surface area (Å²) in [5.74, 6) is 0.741. The van der Waals surface area contributed by atoms with Gasteiger partial charge >= 0.3 is 0 Å². The van der Waals surface area contributed by atoms with Crippen molar-refractivity contribution in [3.8, 4) is 0 Å². The summed E-state index contributed by atoms with van der Waals surface area (Å²) in [4.78, 5) is 18.1. The van der Waals surface area contributed by atoms with Crippen molar-refractivity contribution in [3.05, 3.63) is 29.8 Å². The first-order chi connectivity index (χ1) is 16.8. The van der Waals surface area contributed by atoms with Crippen molar-refractivity contribution in [2.24, 2.45) is 5.92 Å². The van der Waals surface area contributed by atoms with Gasteiger partial charge in [0.1, 0.15) is 0 Å². The number of hydrogen-bond donors (Lipinski definition) is 0. The average Bonchev–Trinajstić information content (AvgIpc) is 3.12. The van der Waals surface area contributed by atoms with E-state index >= 15 is 0 Å². The van der Waals surface area contributed by atoms with E-state index in [9.17, 15) is 13.2 Å². The van der Waals surface area contributed by atoms with Crippen LogP contribution in [0.15, 0.2) is 29.2 Å². The van der Waals surface area contributed by atoms with Crippen molar-refractivity contribution >= 4 is 15.8 Å². The normalized spacial score (nSPS) is 26.5. The molecular formula is C27H43N3O4S. The third kappa shape index (κ3) is 7.35. The molecule has 3 aliphatic heterocycles. The number of rotatable bonds is 8. The first-order valence-electron chi connectivity index (χ1n) is 13.5. The maximum Gasteiger partial charge on any atom is 0.243 e. The van der Waals surface area contributed by atoms with Gasteiger partial charge in [-0.05, 0) is 96.7 Å². The van der Waals surface area contributed by atoms with E-state index in [1.54, 1.807) is 24.3 Å². The molecule has 196 valence electrons. The Hall–Kier alpha value is -1.32. The van der Waals surface area contributed by atoms with Crippen LogP contribution >= 0.6 is 0 Å². The molecule has 2 atom stereocenters. The Morgan fingerprint density at radius 2 is 1.60 bits per heavy atom. The zero-order valence-electron chi connectivity index (χ0n) is 21.5. The predicted octanol–water partition coefficient (Wildman–Crippen LogP) is 3.65. The Kier molecular flexibility index (Phi) is 9.38. The van der Waals surface area contributed by atoms with Gasteiger partial charge in [0.2, 0.25) is 10.0 Å². The molecule has 0 spiro atoms. The SMILES string of the molecule is CC1CN(S(=O)(=O)c2cccc(C(=O)CN3CCC(CCN4CCCCCC4)CC3)c2)CC(C)O1. The largest absolute Gasteiger partial charge is 0.373 e. The lowest BCUT2D eigenvalue weighted by atomic mass is 9.93. The number of benzene rings is 1. The molecule has 35 heavy (non-hydrogen) atoms. The molecule has 3 heterocycles. The maximum atomic E-state index is 13.2. The number of ketones is 1. The number of sulfonamides is 1. The molecule has 3 aliphatic rings. The van der Waals surface area contributed by atoms with Gasteiger partial charge in [0.25, 0.3) is 0 Å². The minimum Gasteiger partial charge on any atom is -0.373 e. The lowest BCUT2D eigenvalue weighted by molar-refractivity contribution is -0.0440. The van der Waals surface area contributed by atoms with E-state index in [0.29, 0.717) is 25.2 Å². The summed E-state index contributed by atoms with van der Waals surface area (Å²) < 4.78 is 33.6. The van der Waals surface area contributed by atoms with E-state index in [1.165, 1.54) is 56.0 Å². The second-order valence-corrected chi connectivity index (χ2v) is 12.7. The summed E-state index contributed by atoms with van der Waals surface area (Å²) in [7, 11) is -3.66. The number of ether oxygens (including phenoxy) is 1. The van der Waals surface area contributed by atoms with Crippen LogP contribution in [0.5, 0.6) is 0 Å². The molecule has 0 aromatic heterocycles. The topological polar surface area (TPSA) is 70.2 Å². The molecule has 0 aliphatic carbocycles. The van der Waals surface area contributed by atoms with Crippen molar-refractivity contribution in [1.29, 1.82) is 0 Å². The summed E-state index contributed by atoms with van der Waals surface area (Å²) in [5.41, 5.74) is 0.476. The summed E-state index contributed by atoms with van der Waals surface area (Å²) in [6.45, 7) is 10.4. The van der Waals surface area contributed by atoms with E-state index in [0.717, 1.165) is 31.8 Å². The summed E-state index contributed by atoms with van der Waals surface area (Å²) in [6.07, 6.45) is 8.69. The van der Waals surface area contributed by atoms with Gasteiger partial charge in [-0.2, -0.15) is 4.31 Å². The zero-order valence-corrected chi connectivity index (χ0v) is 22.3. The Balaban J connectivity index is 1.28. The fraction of sp³-hybridized carbons (Fsp3) is 0.741. The number of carbonyl (C=O) groups excluding carboxylic acids is 1. The molecule has 0 bridgehead atoms. The highest BCUT2D eigenvalue weighted by atomic mass is 32.2. The third-order valence-electron chi connectivity index (χ3n) is 7.81. The molecule has 3 saturated heterocycles. The molecule has 4 rings (SSSR count). The zero-order chi connectivity index (χ0) is 24.8. The molecule has 7 nitrogen and oxygen atoms in total. The van der Waals surface area contributed by atoms with E-state index in [-0.39, 0.29) is 22.9 Å². The maximum absolute atomic E-state index is 13.2. The summed E-state index contributed by atoms with van der Waals surface area (Å²) >= 11 is 0. The van der Waals surface area contributed by atoms with Crippen LogP contribution in [0.2, 0.25) is 0 Å². The minimum absolute atomic E-state index is 0.00576. The van der Waals surface area contributed by atoms with Gasteiger partial charge in [-0.25, -0.2) is 8.42 Å². The molecule has 0 amide bonds. The summed E-state index contributed by atoms with van der Waals surface area (Å²) in [5, 5.41) is 0. The monoisotopic (exact) mass is 505 g/mol. The van der Waals surface area contributed by atoms with Crippen LogP contribution in [-0.2, 0) is 14.8 Å². The van der Waals surface area contributed by atoms with Gasteiger partial charge in [0.05, 0.1) is 23.6 Å². The number of likely N-dealkylation sites (tertiary alicyclic amines) is 2. The number of morpholine rings is 1. The van der Waals surface area contributed by atoms with Crippen LogP contribution in [0.25, 0.3) is 0 Å². The second-order valence-electron chi connectivity index (χ2n) is 10.8. The van der Waals surface area contributed by atoms with Crippen molar-refractivity contribution in [2.45, 2.75) is 75.9 Å². The Morgan fingerprint density at radius 3 is 2.26 bits per heavy atom. The number of piperidine rings is 1. The van der Waals surface area contributed by atoms with Crippen molar-refractivity contribution in [2.75, 3.05) is 52.4 Å². The number of hydrogen-bond acceptors (Lipinski definition) is 6. The van der Waals surface area contributed by atoms with Crippen LogP contribution in [0.3, 0.4) is 0 Å². The smallest absolute Gasteiger partial charge is 0.243 e. The lowest BCUT2D eigenvalue weighted by Gasteiger charge is -2.34. The molecular weight excluding hydrogens is 462 g/mol. The molecule has 0 radical (unpaired) electrons. The Bertz CT molecular complexity index is 927. The molecule has 3 fully saturated rings. The van der Waals surface area contributed by atoms with Gasteiger partial charge in [0.15, 0.2) is 5.78 Å². The number of Topliss-reactive ketones (excluding diaryl/α,β-unsaturated/α-hetero) is 1. The molecule has 8 heteroatoms. The van der Waals surface area contributed by atoms with Crippen molar-refractivity contribution in [1.82, 2.24) is 14.1 Å². The van der Waals surface area contributed by atoms with Crippen LogP contribution in [0.4, 0.5) is 0 Å². The number of carbonyl (C=O) groups is 1. The van der Waals surface area contributed by atoms with E-state index in [4.69, 9.17) is 4.74 Å². The average molecular weight is 506 g/mol. The molecule has 2 unspecified atom stereocenters. The quantitative estimate of drug-likeness (QED) is 0.503. The fourth-order valence-electron chi connectivity index (χ4n) is 5.76.